The molecule has 0 aliphatic heterocycles. The summed E-state index contributed by atoms with van der Waals surface area (Å²) in [5.41, 5.74) is 2.13. The van der Waals surface area contributed by atoms with Crippen molar-refractivity contribution in [2.45, 2.75) is 6.54 Å². The molecule has 0 saturated carbocycles. The fourth-order valence-corrected chi connectivity index (χ4v) is 2.39. The van der Waals surface area contributed by atoms with Crippen LogP contribution in [0.15, 0.2) is 43.1 Å². The summed E-state index contributed by atoms with van der Waals surface area (Å²) in [4.78, 5) is 31.6. The summed E-state index contributed by atoms with van der Waals surface area (Å²) in [5, 5.41) is 2.88. The summed E-state index contributed by atoms with van der Waals surface area (Å²) in [6.45, 7) is 3.84. The number of aromatic nitrogens is 2. The van der Waals surface area contributed by atoms with Crippen molar-refractivity contribution in [3.05, 3.63) is 54.4 Å². The van der Waals surface area contributed by atoms with Crippen molar-refractivity contribution in [1.82, 2.24) is 14.9 Å². The van der Waals surface area contributed by atoms with Crippen molar-refractivity contribution in [2.75, 3.05) is 30.9 Å². The minimum Gasteiger partial charge on any atom is -0.348 e. The van der Waals surface area contributed by atoms with Gasteiger partial charge >= 0.3 is 0 Å². The third kappa shape index (κ3) is 4.06. The molecule has 0 radical (unpaired) electrons. The van der Waals surface area contributed by atoms with E-state index < -0.39 is 0 Å². The van der Waals surface area contributed by atoms with Crippen LogP contribution in [0.4, 0.5) is 11.6 Å². The topological polar surface area (TPSA) is 70.5 Å². The van der Waals surface area contributed by atoms with Crippen LogP contribution in [0.5, 0.6) is 0 Å². The number of benzene rings is 1. The van der Waals surface area contributed by atoms with Gasteiger partial charge in [0.1, 0.15) is 0 Å². The lowest BCUT2D eigenvalue weighted by molar-refractivity contribution is -0.113. The molecule has 25 heavy (non-hydrogen) atoms. The fraction of sp³-hybridized carbons (Fsp3) is 0.278. The predicted octanol–water partition coefficient (Wildman–Crippen LogP) is 1.56. The Morgan fingerprint density at radius 3 is 2.40 bits per heavy atom. The van der Waals surface area contributed by atoms with Crippen LogP contribution < -0.4 is 15.1 Å². The molecule has 0 saturated heterocycles. The van der Waals surface area contributed by atoms with Crippen molar-refractivity contribution in [3.63, 3.8) is 0 Å². The Morgan fingerprint density at radius 1 is 1.24 bits per heavy atom. The number of hydrogen-bond acceptors (Lipinski definition) is 4. The molecule has 1 aromatic carbocycles. The van der Waals surface area contributed by atoms with E-state index in [0.29, 0.717) is 17.8 Å². The minimum absolute atomic E-state index is 0.183. The Kier molecular flexibility index (Phi) is 5.59. The normalized spacial score (nSPS) is 10.2. The van der Waals surface area contributed by atoms with E-state index >= 15 is 0 Å². The third-order valence-corrected chi connectivity index (χ3v) is 3.91. The maximum absolute atomic E-state index is 12.3. The summed E-state index contributed by atoms with van der Waals surface area (Å²) in [5.74, 6) is 0.436. The molecule has 0 spiro atoms. The van der Waals surface area contributed by atoms with Gasteiger partial charge in [-0.25, -0.2) is 4.98 Å². The van der Waals surface area contributed by atoms with E-state index in [1.807, 2.05) is 30.6 Å². The van der Waals surface area contributed by atoms with Gasteiger partial charge in [0, 0.05) is 39.4 Å². The van der Waals surface area contributed by atoms with Gasteiger partial charge in [-0.15, -0.1) is 0 Å². The van der Waals surface area contributed by atoms with Gasteiger partial charge in [0.05, 0.1) is 18.4 Å². The minimum atomic E-state index is -0.204. The first-order chi connectivity index (χ1) is 11.8. The Balaban J connectivity index is 2.02. The Bertz CT molecular complexity index is 777. The first-order valence-corrected chi connectivity index (χ1v) is 7.81. The zero-order chi connectivity index (χ0) is 18.6. The van der Waals surface area contributed by atoms with Gasteiger partial charge in [0.25, 0.3) is 5.91 Å². The van der Waals surface area contributed by atoms with Crippen LogP contribution in [0.3, 0.4) is 0 Å². The molecule has 1 N–H and O–H groups in total. The Labute approximate surface area is 147 Å². The molecular weight excluding hydrogens is 318 g/mol. The quantitative estimate of drug-likeness (QED) is 0.810. The predicted molar refractivity (Wildman–Crippen MR) is 98.8 cm³/mol. The highest BCUT2D eigenvalue weighted by molar-refractivity contribution is 6.01. The molecule has 2 aromatic rings. The number of amides is 2. The molecule has 0 aliphatic rings. The third-order valence-electron chi connectivity index (χ3n) is 3.91. The number of anilines is 2. The molecule has 2 rings (SSSR count). The Morgan fingerprint density at radius 2 is 1.88 bits per heavy atom. The van der Waals surface area contributed by atoms with Crippen LogP contribution in [0.2, 0.25) is 0 Å². The fourth-order valence-electron chi connectivity index (χ4n) is 2.39. The lowest BCUT2D eigenvalue weighted by atomic mass is 10.2. The second kappa shape index (κ2) is 7.65. The van der Waals surface area contributed by atoms with E-state index in [-0.39, 0.29) is 11.8 Å². The van der Waals surface area contributed by atoms with Gasteiger partial charge in [0.2, 0.25) is 11.9 Å². The van der Waals surface area contributed by atoms with Crippen molar-refractivity contribution in [3.8, 4) is 0 Å². The number of likely N-dealkylation sites (N-methyl/N-ethyl adjacent to an activating group) is 1. The van der Waals surface area contributed by atoms with E-state index in [4.69, 9.17) is 0 Å². The second-order valence-electron chi connectivity index (χ2n) is 5.83. The lowest BCUT2D eigenvalue weighted by Gasteiger charge is -2.15. The van der Waals surface area contributed by atoms with Crippen molar-refractivity contribution < 1.29 is 9.59 Å². The second-order valence-corrected chi connectivity index (χ2v) is 5.83. The van der Waals surface area contributed by atoms with Gasteiger partial charge < -0.3 is 19.7 Å². The molecule has 7 heteroatoms. The highest BCUT2D eigenvalue weighted by Crippen LogP contribution is 2.15. The molecule has 2 amide bonds. The van der Waals surface area contributed by atoms with Crippen molar-refractivity contribution >= 4 is 23.5 Å². The maximum atomic E-state index is 12.3. The molecule has 1 heterocycles. The summed E-state index contributed by atoms with van der Waals surface area (Å²) < 4.78 is 1.93. The zero-order valence-electron chi connectivity index (χ0n) is 15.0. The van der Waals surface area contributed by atoms with Crippen LogP contribution in [-0.4, -0.2) is 42.5 Å². The SMILES string of the molecule is C=CC(=O)N(C)c1ccc(C(=O)NCc2cnc(N(C)C)n2C)cc1. The molecule has 7 nitrogen and oxygen atoms in total. The average Bonchev–Trinajstić information content (AvgIpc) is 2.99. The first kappa shape index (κ1) is 18.3. The molecule has 0 fully saturated rings. The van der Waals surface area contributed by atoms with Gasteiger partial charge in [-0.3, -0.25) is 9.59 Å². The number of nitrogens with zero attached hydrogens (tertiary/aromatic N) is 4. The number of carbonyl (C=O) groups is 2. The molecule has 0 aliphatic carbocycles. The zero-order valence-corrected chi connectivity index (χ0v) is 15.0. The van der Waals surface area contributed by atoms with E-state index in [2.05, 4.69) is 16.9 Å². The van der Waals surface area contributed by atoms with Crippen LogP contribution >= 0.6 is 0 Å². The van der Waals surface area contributed by atoms with Crippen LogP contribution in [-0.2, 0) is 18.4 Å². The van der Waals surface area contributed by atoms with Crippen molar-refractivity contribution in [2.24, 2.45) is 7.05 Å². The monoisotopic (exact) mass is 341 g/mol. The lowest BCUT2D eigenvalue weighted by Crippen LogP contribution is -2.25. The van der Waals surface area contributed by atoms with E-state index in [0.717, 1.165) is 11.6 Å². The van der Waals surface area contributed by atoms with E-state index in [1.165, 1.54) is 11.0 Å². The maximum Gasteiger partial charge on any atom is 0.251 e. The Hall–Kier alpha value is -3.09. The number of rotatable bonds is 6. The largest absolute Gasteiger partial charge is 0.348 e. The smallest absolute Gasteiger partial charge is 0.251 e. The summed E-state index contributed by atoms with van der Waals surface area (Å²) >= 11 is 0. The van der Waals surface area contributed by atoms with Gasteiger partial charge in [-0.1, -0.05) is 6.58 Å². The summed E-state index contributed by atoms with van der Waals surface area (Å²) in [6, 6.07) is 6.83. The van der Waals surface area contributed by atoms with Gasteiger partial charge in [0.15, 0.2) is 0 Å². The highest BCUT2D eigenvalue weighted by Gasteiger charge is 2.12. The summed E-state index contributed by atoms with van der Waals surface area (Å²) in [7, 11) is 7.40. The van der Waals surface area contributed by atoms with Crippen LogP contribution in [0.25, 0.3) is 0 Å². The number of nitrogens with one attached hydrogen (secondary N) is 1. The van der Waals surface area contributed by atoms with E-state index in [9.17, 15) is 9.59 Å². The van der Waals surface area contributed by atoms with Gasteiger partial charge in [-0.2, -0.15) is 0 Å². The molecular formula is C18H23N5O2. The van der Waals surface area contributed by atoms with E-state index in [1.54, 1.807) is 37.5 Å². The van der Waals surface area contributed by atoms with Crippen molar-refractivity contribution in [1.29, 1.82) is 0 Å². The van der Waals surface area contributed by atoms with Crippen LogP contribution in [0.1, 0.15) is 16.1 Å². The standard InChI is InChI=1S/C18H23N5O2/c1-6-16(24)22(4)14-9-7-13(8-10-14)17(25)19-11-15-12-20-18(21(2)3)23(15)5/h6-10,12H,1,11H2,2-5H3,(H,19,25). The first-order valence-electron chi connectivity index (χ1n) is 7.81. The van der Waals surface area contributed by atoms with Crippen LogP contribution in [0, 0.1) is 0 Å². The molecule has 1 aromatic heterocycles. The molecule has 0 bridgehead atoms. The number of imidazole rings is 1. The highest BCUT2D eigenvalue weighted by atomic mass is 16.2. The molecule has 0 atom stereocenters. The average molecular weight is 341 g/mol. The molecule has 132 valence electrons. The molecule has 0 unspecified atom stereocenters. The number of hydrogen-bond donors (Lipinski definition) is 1. The van der Waals surface area contributed by atoms with Gasteiger partial charge in [-0.05, 0) is 30.3 Å². The summed E-state index contributed by atoms with van der Waals surface area (Å²) in [6.07, 6.45) is 2.99. The number of carbonyl (C=O) groups excluding carboxylic acids is 2.